The van der Waals surface area contributed by atoms with Crippen LogP contribution < -0.4 is 16.4 Å². The number of aromatic amines is 1. The summed E-state index contributed by atoms with van der Waals surface area (Å²) in [4.78, 5) is 43.0. The molecule has 2 aromatic carbocycles. The lowest BCUT2D eigenvalue weighted by Crippen LogP contribution is -2.57. The van der Waals surface area contributed by atoms with Crippen LogP contribution in [0.3, 0.4) is 0 Å². The molecule has 0 bridgehead atoms. The maximum atomic E-state index is 14.7. The van der Waals surface area contributed by atoms with Crippen LogP contribution in [0.5, 0.6) is 0 Å². The minimum Gasteiger partial charge on any atom is -0.481 e. The second kappa shape index (κ2) is 10.2. The second-order valence-electron chi connectivity index (χ2n) is 11.5. The number of fused-ring (bicyclic) bond motifs is 3. The Bertz CT molecular complexity index is 1420. The van der Waals surface area contributed by atoms with Crippen LogP contribution in [0.4, 0.5) is 4.39 Å². The number of carbonyl (C=O) groups is 3. The van der Waals surface area contributed by atoms with Gasteiger partial charge in [-0.3, -0.25) is 14.4 Å². The Labute approximate surface area is 226 Å². The van der Waals surface area contributed by atoms with E-state index in [1.807, 2.05) is 24.3 Å². The molecule has 5 rings (SSSR count). The predicted octanol–water partition coefficient (Wildman–Crippen LogP) is 3.15. The molecule has 206 valence electrons. The largest absolute Gasteiger partial charge is 0.481 e. The monoisotopic (exact) mass is 534 g/mol. The highest BCUT2D eigenvalue weighted by molar-refractivity contribution is 5.96. The molecule has 39 heavy (non-hydrogen) atoms. The van der Waals surface area contributed by atoms with Gasteiger partial charge in [0.25, 0.3) is 0 Å². The predicted molar refractivity (Wildman–Crippen MR) is 146 cm³/mol. The highest BCUT2D eigenvalue weighted by atomic mass is 19.1. The molecule has 1 aliphatic heterocycles. The van der Waals surface area contributed by atoms with Crippen LogP contribution in [0.2, 0.25) is 0 Å². The van der Waals surface area contributed by atoms with Crippen molar-refractivity contribution in [3.05, 3.63) is 71.2 Å². The average molecular weight is 535 g/mol. The molecule has 1 aromatic heterocycles. The number of H-pyrrole nitrogens is 1. The molecule has 9 heteroatoms. The molecule has 2 heterocycles. The first-order valence-electron chi connectivity index (χ1n) is 13.4. The number of halogens is 1. The van der Waals surface area contributed by atoms with Crippen LogP contribution in [-0.4, -0.2) is 52.4 Å². The van der Waals surface area contributed by atoms with Gasteiger partial charge in [-0.25, -0.2) is 4.39 Å². The van der Waals surface area contributed by atoms with E-state index in [9.17, 15) is 23.9 Å². The summed E-state index contributed by atoms with van der Waals surface area (Å²) in [6.45, 7) is 4.54. The normalized spacial score (nSPS) is 21.0. The molecule has 3 atom stereocenters. The number of hydrogen-bond donors (Lipinski definition) is 5. The highest BCUT2D eigenvalue weighted by Gasteiger charge is 2.56. The van der Waals surface area contributed by atoms with E-state index in [1.54, 1.807) is 26.1 Å². The summed E-state index contributed by atoms with van der Waals surface area (Å²) in [5.41, 5.74) is 7.62. The van der Waals surface area contributed by atoms with Crippen molar-refractivity contribution >= 4 is 28.6 Å². The van der Waals surface area contributed by atoms with E-state index in [0.29, 0.717) is 36.9 Å². The van der Waals surface area contributed by atoms with Gasteiger partial charge in [0.1, 0.15) is 5.82 Å². The zero-order valence-corrected chi connectivity index (χ0v) is 22.2. The number of aromatic nitrogens is 1. The minimum absolute atomic E-state index is 0.116. The van der Waals surface area contributed by atoms with Crippen molar-refractivity contribution in [1.29, 1.82) is 0 Å². The fourth-order valence-electron chi connectivity index (χ4n) is 6.67. The number of nitrogens with one attached hydrogen (secondary N) is 3. The quantitative estimate of drug-likeness (QED) is 0.301. The first kappa shape index (κ1) is 27.0. The molecule has 8 nitrogen and oxygen atoms in total. The smallest absolute Gasteiger partial charge is 0.303 e. The summed E-state index contributed by atoms with van der Waals surface area (Å²) in [5, 5.41) is 16.8. The number of carboxylic acid groups (broad SMARTS) is 1. The van der Waals surface area contributed by atoms with Crippen molar-refractivity contribution in [3.8, 4) is 0 Å². The fraction of sp³-hybridized carbons (Fsp3) is 0.433. The first-order valence-corrected chi connectivity index (χ1v) is 13.4. The third-order valence-corrected chi connectivity index (χ3v) is 8.48. The molecule has 0 radical (unpaired) electrons. The maximum Gasteiger partial charge on any atom is 0.303 e. The molecule has 2 aliphatic rings. The van der Waals surface area contributed by atoms with Gasteiger partial charge in [0.2, 0.25) is 5.91 Å². The van der Waals surface area contributed by atoms with Crippen LogP contribution in [-0.2, 0) is 26.2 Å². The van der Waals surface area contributed by atoms with Gasteiger partial charge in [-0.15, -0.1) is 0 Å². The number of piperidine rings is 1. The Morgan fingerprint density at radius 1 is 1.18 bits per heavy atom. The summed E-state index contributed by atoms with van der Waals surface area (Å²) >= 11 is 0. The average Bonchev–Trinajstić information content (AvgIpc) is 3.39. The fourth-order valence-corrected chi connectivity index (χ4v) is 6.67. The zero-order chi connectivity index (χ0) is 27.9. The Morgan fingerprint density at radius 3 is 2.59 bits per heavy atom. The lowest BCUT2D eigenvalue weighted by atomic mass is 9.64. The van der Waals surface area contributed by atoms with E-state index < -0.39 is 46.5 Å². The number of amides is 1. The van der Waals surface area contributed by atoms with Crippen LogP contribution in [0.15, 0.2) is 48.7 Å². The Kier molecular flexibility index (Phi) is 7.07. The van der Waals surface area contributed by atoms with E-state index >= 15 is 0 Å². The van der Waals surface area contributed by atoms with Gasteiger partial charge in [0.15, 0.2) is 5.78 Å². The molecule has 6 N–H and O–H groups in total. The number of hydrogen-bond acceptors (Lipinski definition) is 5. The van der Waals surface area contributed by atoms with Gasteiger partial charge in [-0.1, -0.05) is 24.3 Å². The van der Waals surface area contributed by atoms with Crippen molar-refractivity contribution in [2.75, 3.05) is 13.1 Å². The van der Waals surface area contributed by atoms with Crippen LogP contribution in [0, 0.1) is 11.7 Å². The lowest BCUT2D eigenvalue weighted by Gasteiger charge is -2.42. The van der Waals surface area contributed by atoms with E-state index in [4.69, 9.17) is 5.73 Å². The van der Waals surface area contributed by atoms with E-state index in [0.717, 1.165) is 16.6 Å². The van der Waals surface area contributed by atoms with Crippen molar-refractivity contribution in [1.82, 2.24) is 15.6 Å². The summed E-state index contributed by atoms with van der Waals surface area (Å²) in [5.74, 6) is -3.27. The Morgan fingerprint density at radius 2 is 1.90 bits per heavy atom. The van der Waals surface area contributed by atoms with E-state index in [-0.39, 0.29) is 18.6 Å². The van der Waals surface area contributed by atoms with Gasteiger partial charge >= 0.3 is 5.97 Å². The van der Waals surface area contributed by atoms with Crippen LogP contribution >= 0.6 is 0 Å². The lowest BCUT2D eigenvalue weighted by molar-refractivity contribution is -0.139. The number of carboxylic acids is 1. The summed E-state index contributed by atoms with van der Waals surface area (Å²) in [6, 6.07) is 11.2. The Hall–Kier alpha value is -3.56. The van der Waals surface area contributed by atoms with Crippen LogP contribution in [0.1, 0.15) is 55.7 Å². The topological polar surface area (TPSA) is 137 Å². The highest BCUT2D eigenvalue weighted by Crippen LogP contribution is 2.56. The van der Waals surface area contributed by atoms with Gasteiger partial charge in [-0.2, -0.15) is 0 Å². The number of nitrogens with two attached hydrogens (primary N) is 1. The molecular formula is C30H35FN4O4. The molecule has 0 unspecified atom stereocenters. The number of aliphatic carboxylic acids is 1. The molecule has 0 saturated carbocycles. The van der Waals surface area contributed by atoms with Gasteiger partial charge in [-0.05, 0) is 74.7 Å². The number of rotatable bonds is 8. The van der Waals surface area contributed by atoms with Gasteiger partial charge in [0, 0.05) is 40.8 Å². The zero-order valence-electron chi connectivity index (χ0n) is 22.2. The summed E-state index contributed by atoms with van der Waals surface area (Å²) < 4.78 is 14.1. The van der Waals surface area contributed by atoms with Crippen molar-refractivity contribution in [2.24, 2.45) is 11.7 Å². The Balaban J connectivity index is 1.60. The molecule has 1 spiro atoms. The first-order chi connectivity index (χ1) is 18.5. The molecule has 1 fully saturated rings. The van der Waals surface area contributed by atoms with Crippen LogP contribution in [0.25, 0.3) is 10.9 Å². The number of Topliss-reactive ketones (excluding diaryl/α,β-unsaturated/α-hetero) is 1. The van der Waals surface area contributed by atoms with Crippen molar-refractivity contribution in [3.63, 3.8) is 0 Å². The number of ketones is 1. The second-order valence-corrected chi connectivity index (χ2v) is 11.5. The van der Waals surface area contributed by atoms with Gasteiger partial charge in [0.05, 0.1) is 18.0 Å². The number of carbonyl (C=O) groups excluding carboxylic acids is 2. The van der Waals surface area contributed by atoms with Crippen molar-refractivity contribution < 1.29 is 23.9 Å². The van der Waals surface area contributed by atoms with Crippen molar-refractivity contribution in [2.45, 2.75) is 62.4 Å². The standard InChI is InChI=1S/C30H35FN4O4/c1-29(2,32)28(39)35-24(13-17-16-34-23-8-7-18(31)14-20(17)23)27(38)26-21(15-25(36)37)19-5-3-4-6-22(19)30(26)9-11-33-12-10-30/h3-8,14,16,21,24,26,33-34H,9-13,15,32H2,1-2H3,(H,35,39)(H,36,37)/t21-,24-,26+/m1/s1. The summed E-state index contributed by atoms with van der Waals surface area (Å²) in [7, 11) is 0. The molecule has 1 saturated heterocycles. The third kappa shape index (κ3) is 4.96. The molecular weight excluding hydrogens is 499 g/mol. The van der Waals surface area contributed by atoms with E-state index in [2.05, 4.69) is 15.6 Å². The maximum absolute atomic E-state index is 14.7. The molecule has 1 amide bonds. The minimum atomic E-state index is -1.24. The van der Waals surface area contributed by atoms with E-state index in [1.165, 1.54) is 12.1 Å². The summed E-state index contributed by atoms with van der Waals surface area (Å²) in [6.07, 6.45) is 3.01. The number of benzene rings is 2. The molecule has 1 aliphatic carbocycles. The third-order valence-electron chi connectivity index (χ3n) is 8.48. The van der Waals surface area contributed by atoms with Gasteiger partial charge < -0.3 is 26.5 Å². The molecule has 3 aromatic rings. The SMILES string of the molecule is CC(C)(N)C(=O)N[C@H](Cc1c[nH]c2ccc(F)cc12)C(=O)[C@@H]1[C@H](CC(=O)O)c2ccccc2C12CCNCC2.